The van der Waals surface area contributed by atoms with Crippen molar-refractivity contribution in [3.05, 3.63) is 52.1 Å². The quantitative estimate of drug-likeness (QED) is 0.835. The van der Waals surface area contributed by atoms with Gasteiger partial charge in [0, 0.05) is 15.6 Å². The van der Waals surface area contributed by atoms with E-state index in [9.17, 15) is 0 Å². The van der Waals surface area contributed by atoms with E-state index in [0.29, 0.717) is 5.56 Å². The van der Waals surface area contributed by atoms with Gasteiger partial charge in [-0.1, -0.05) is 17.8 Å². The Bertz CT molecular complexity index is 573. The number of benzene rings is 1. The minimum absolute atomic E-state index is 0.694. The molecule has 1 heterocycles. The van der Waals surface area contributed by atoms with E-state index in [0.717, 1.165) is 20.0 Å². The average molecular weight is 305 g/mol. The summed E-state index contributed by atoms with van der Waals surface area (Å²) in [6.45, 7) is 1.98. The molecule has 0 aliphatic carbocycles. The summed E-state index contributed by atoms with van der Waals surface area (Å²) >= 11 is 4.85. The van der Waals surface area contributed by atoms with Crippen LogP contribution in [0.15, 0.2) is 50.9 Å². The van der Waals surface area contributed by atoms with Crippen molar-refractivity contribution < 1.29 is 0 Å². The topological polar surface area (TPSA) is 36.7 Å². The predicted molar refractivity (Wildman–Crippen MR) is 72.0 cm³/mol. The van der Waals surface area contributed by atoms with Gasteiger partial charge < -0.3 is 0 Å². The number of aromatic nitrogens is 1. The molecule has 0 aliphatic heterocycles. The summed E-state index contributed by atoms with van der Waals surface area (Å²) in [6, 6.07) is 11.9. The lowest BCUT2D eigenvalue weighted by molar-refractivity contribution is 1.12. The van der Waals surface area contributed by atoms with Gasteiger partial charge in [0.05, 0.1) is 5.56 Å². The summed E-state index contributed by atoms with van der Waals surface area (Å²) in [5, 5.41) is 9.96. The van der Waals surface area contributed by atoms with Crippen LogP contribution in [-0.4, -0.2) is 4.98 Å². The lowest BCUT2D eigenvalue weighted by atomic mass is 10.2. The molecule has 0 atom stereocenters. The molecule has 4 heteroatoms. The van der Waals surface area contributed by atoms with Crippen LogP contribution in [0.3, 0.4) is 0 Å². The third-order valence-corrected chi connectivity index (χ3v) is 3.67. The second-order valence-corrected chi connectivity index (χ2v) is 5.51. The first-order valence-electron chi connectivity index (χ1n) is 4.99. The number of hydrogen-bond acceptors (Lipinski definition) is 3. The van der Waals surface area contributed by atoms with Crippen molar-refractivity contribution in [3.63, 3.8) is 0 Å². The fourth-order valence-electron chi connectivity index (χ4n) is 1.36. The molecule has 0 saturated carbocycles. The van der Waals surface area contributed by atoms with Gasteiger partial charge in [0.25, 0.3) is 0 Å². The lowest BCUT2D eigenvalue weighted by Crippen LogP contribution is -1.85. The van der Waals surface area contributed by atoms with Crippen molar-refractivity contribution in [2.75, 3.05) is 0 Å². The number of aryl methyl sites for hydroxylation is 1. The third kappa shape index (κ3) is 3.09. The Kier molecular flexibility index (Phi) is 3.82. The molecule has 0 aliphatic rings. The molecule has 2 rings (SSSR count). The molecular formula is C13H9BrN2S. The minimum Gasteiger partial charge on any atom is -0.248 e. The predicted octanol–water partition coefficient (Wildman–Crippen LogP) is 4.18. The zero-order valence-corrected chi connectivity index (χ0v) is 11.5. The summed E-state index contributed by atoms with van der Waals surface area (Å²) in [6.07, 6.45) is 1.75. The molecule has 2 aromatic rings. The van der Waals surface area contributed by atoms with Gasteiger partial charge in [-0.2, -0.15) is 5.26 Å². The van der Waals surface area contributed by atoms with Crippen LogP contribution in [0.4, 0.5) is 0 Å². The van der Waals surface area contributed by atoms with Gasteiger partial charge >= 0.3 is 0 Å². The van der Waals surface area contributed by atoms with Gasteiger partial charge in [0.1, 0.15) is 11.1 Å². The lowest BCUT2D eigenvalue weighted by Gasteiger charge is -2.04. The number of nitrogens with zero attached hydrogens (tertiary/aromatic N) is 2. The molecule has 0 unspecified atom stereocenters. The number of pyridine rings is 1. The van der Waals surface area contributed by atoms with Gasteiger partial charge in [-0.05, 0) is 52.7 Å². The highest BCUT2D eigenvalue weighted by Crippen LogP contribution is 2.29. The van der Waals surface area contributed by atoms with Crippen molar-refractivity contribution in [2.45, 2.75) is 16.8 Å². The number of hydrogen-bond donors (Lipinski definition) is 0. The van der Waals surface area contributed by atoms with E-state index in [-0.39, 0.29) is 0 Å². The summed E-state index contributed by atoms with van der Waals surface area (Å²) in [5.74, 6) is 0. The van der Waals surface area contributed by atoms with Crippen molar-refractivity contribution in [1.29, 1.82) is 5.26 Å². The molecule has 84 valence electrons. The van der Waals surface area contributed by atoms with Gasteiger partial charge in [0.2, 0.25) is 0 Å². The van der Waals surface area contributed by atoms with E-state index in [1.54, 1.807) is 6.20 Å². The van der Waals surface area contributed by atoms with Gasteiger partial charge in [-0.25, -0.2) is 4.98 Å². The Balaban J connectivity index is 2.30. The van der Waals surface area contributed by atoms with Crippen molar-refractivity contribution in [2.24, 2.45) is 0 Å². The molecule has 1 aromatic carbocycles. The molecular weight excluding hydrogens is 296 g/mol. The second kappa shape index (κ2) is 5.35. The minimum atomic E-state index is 0.694. The maximum Gasteiger partial charge on any atom is 0.101 e. The molecule has 0 saturated heterocycles. The summed E-state index contributed by atoms with van der Waals surface area (Å²) in [4.78, 5) is 5.22. The third-order valence-electron chi connectivity index (χ3n) is 2.17. The monoisotopic (exact) mass is 304 g/mol. The fraction of sp³-hybridized carbons (Fsp3) is 0.0769. The Morgan fingerprint density at radius 2 is 2.12 bits per heavy atom. The van der Waals surface area contributed by atoms with Crippen LogP contribution in [0.5, 0.6) is 0 Å². The number of halogens is 1. The van der Waals surface area contributed by atoms with E-state index >= 15 is 0 Å². The van der Waals surface area contributed by atoms with Crippen molar-refractivity contribution in [3.8, 4) is 6.07 Å². The number of rotatable bonds is 2. The highest BCUT2D eigenvalue weighted by Gasteiger charge is 2.05. The standard InChI is InChI=1S/C13H9BrN2S/c1-9-2-4-12(10(6-9)7-15)17-13-5-3-11(14)8-16-13/h2-6,8H,1H3. The maximum atomic E-state index is 9.07. The molecule has 1 aromatic heterocycles. The summed E-state index contributed by atoms with van der Waals surface area (Å²) in [7, 11) is 0. The molecule has 0 N–H and O–H groups in total. The van der Waals surface area contributed by atoms with Crippen LogP contribution in [0.1, 0.15) is 11.1 Å². The summed E-state index contributed by atoms with van der Waals surface area (Å²) in [5.41, 5.74) is 1.79. The fourth-order valence-corrected chi connectivity index (χ4v) is 2.41. The zero-order chi connectivity index (χ0) is 12.3. The van der Waals surface area contributed by atoms with Gasteiger partial charge in [0.15, 0.2) is 0 Å². The molecule has 2 nitrogen and oxygen atoms in total. The SMILES string of the molecule is Cc1ccc(Sc2ccc(Br)cn2)c(C#N)c1. The van der Waals surface area contributed by atoms with Crippen LogP contribution in [0.25, 0.3) is 0 Å². The van der Waals surface area contributed by atoms with Crippen LogP contribution in [0, 0.1) is 18.3 Å². The van der Waals surface area contributed by atoms with Gasteiger partial charge in [-0.15, -0.1) is 0 Å². The highest BCUT2D eigenvalue weighted by atomic mass is 79.9. The molecule has 0 fully saturated rings. The Morgan fingerprint density at radius 1 is 1.29 bits per heavy atom. The molecule has 0 radical (unpaired) electrons. The van der Waals surface area contributed by atoms with Gasteiger partial charge in [-0.3, -0.25) is 0 Å². The zero-order valence-electron chi connectivity index (χ0n) is 9.14. The highest BCUT2D eigenvalue weighted by molar-refractivity contribution is 9.10. The van der Waals surface area contributed by atoms with E-state index in [1.165, 1.54) is 11.8 Å². The first kappa shape index (κ1) is 12.2. The van der Waals surface area contributed by atoms with Crippen LogP contribution < -0.4 is 0 Å². The first-order valence-corrected chi connectivity index (χ1v) is 6.60. The summed E-state index contributed by atoms with van der Waals surface area (Å²) < 4.78 is 0.950. The van der Waals surface area contributed by atoms with E-state index in [4.69, 9.17) is 5.26 Å². The van der Waals surface area contributed by atoms with E-state index in [2.05, 4.69) is 27.0 Å². The largest absolute Gasteiger partial charge is 0.248 e. The van der Waals surface area contributed by atoms with E-state index < -0.39 is 0 Å². The average Bonchev–Trinajstić information content (AvgIpc) is 2.34. The smallest absolute Gasteiger partial charge is 0.101 e. The van der Waals surface area contributed by atoms with E-state index in [1.807, 2.05) is 37.3 Å². The Morgan fingerprint density at radius 3 is 2.76 bits per heavy atom. The normalized spacial score (nSPS) is 9.94. The number of nitriles is 1. The Labute approximate surface area is 113 Å². The second-order valence-electron chi connectivity index (χ2n) is 3.53. The maximum absolute atomic E-state index is 9.07. The van der Waals surface area contributed by atoms with Crippen LogP contribution in [-0.2, 0) is 0 Å². The molecule has 17 heavy (non-hydrogen) atoms. The Hall–Kier alpha value is -1.31. The van der Waals surface area contributed by atoms with Crippen LogP contribution in [0.2, 0.25) is 0 Å². The van der Waals surface area contributed by atoms with Crippen molar-refractivity contribution in [1.82, 2.24) is 4.98 Å². The van der Waals surface area contributed by atoms with Crippen LogP contribution >= 0.6 is 27.7 Å². The van der Waals surface area contributed by atoms with Crippen molar-refractivity contribution >= 4 is 27.7 Å². The molecule has 0 bridgehead atoms. The molecule has 0 spiro atoms. The molecule has 0 amide bonds. The first-order chi connectivity index (χ1) is 8.19.